The molecule has 1 aliphatic rings. The van der Waals surface area contributed by atoms with Gasteiger partial charge in [-0.25, -0.2) is 4.79 Å². The summed E-state index contributed by atoms with van der Waals surface area (Å²) >= 11 is 0. The standard InChI is InChI=1S/C19H25NO3/c1-15(16(2)13-21)12-17-8-10-20(11-9-17)19(22)23-14-18-6-4-3-5-7-18/h3-7,12-13,15-16H,8-11,14H2,1-2H3/t15-,16+/m1/s1. The van der Waals surface area contributed by atoms with Crippen molar-refractivity contribution >= 4 is 12.4 Å². The second kappa shape index (κ2) is 8.51. The first kappa shape index (κ1) is 17.3. The Morgan fingerprint density at radius 2 is 1.83 bits per heavy atom. The van der Waals surface area contributed by atoms with Gasteiger partial charge in [-0.2, -0.15) is 0 Å². The molecule has 0 bridgehead atoms. The number of hydrogen-bond acceptors (Lipinski definition) is 3. The van der Waals surface area contributed by atoms with E-state index >= 15 is 0 Å². The monoisotopic (exact) mass is 315 g/mol. The van der Waals surface area contributed by atoms with Gasteiger partial charge in [-0.1, -0.05) is 55.8 Å². The van der Waals surface area contributed by atoms with Crippen LogP contribution in [0, 0.1) is 11.8 Å². The van der Waals surface area contributed by atoms with E-state index in [9.17, 15) is 9.59 Å². The third kappa shape index (κ3) is 5.23. The summed E-state index contributed by atoms with van der Waals surface area (Å²) < 4.78 is 5.36. The van der Waals surface area contributed by atoms with Crippen LogP contribution in [0.2, 0.25) is 0 Å². The molecular weight excluding hydrogens is 290 g/mol. The van der Waals surface area contributed by atoms with E-state index in [2.05, 4.69) is 13.0 Å². The number of nitrogens with zero attached hydrogens (tertiary/aromatic N) is 1. The third-order valence-corrected chi connectivity index (χ3v) is 4.41. The highest BCUT2D eigenvalue weighted by Crippen LogP contribution is 2.21. The summed E-state index contributed by atoms with van der Waals surface area (Å²) in [6, 6.07) is 9.70. The molecule has 0 saturated carbocycles. The van der Waals surface area contributed by atoms with Crippen molar-refractivity contribution < 1.29 is 14.3 Å². The van der Waals surface area contributed by atoms with Crippen LogP contribution in [0.3, 0.4) is 0 Å². The largest absolute Gasteiger partial charge is 0.445 e. The summed E-state index contributed by atoms with van der Waals surface area (Å²) in [5, 5.41) is 0. The van der Waals surface area contributed by atoms with Crippen molar-refractivity contribution in [2.45, 2.75) is 33.3 Å². The minimum absolute atomic E-state index is 0.0383. The quantitative estimate of drug-likeness (QED) is 0.613. The van der Waals surface area contributed by atoms with Crippen molar-refractivity contribution in [1.82, 2.24) is 4.90 Å². The van der Waals surface area contributed by atoms with E-state index in [0.717, 1.165) is 24.7 Å². The van der Waals surface area contributed by atoms with Crippen molar-refractivity contribution in [3.05, 3.63) is 47.5 Å². The van der Waals surface area contributed by atoms with E-state index in [0.29, 0.717) is 19.7 Å². The minimum atomic E-state index is -0.248. The number of rotatable bonds is 5. The van der Waals surface area contributed by atoms with Crippen molar-refractivity contribution in [2.24, 2.45) is 11.8 Å². The molecule has 0 spiro atoms. The van der Waals surface area contributed by atoms with Crippen LogP contribution in [0.5, 0.6) is 0 Å². The first-order valence-electron chi connectivity index (χ1n) is 8.20. The number of aldehydes is 1. The molecule has 1 heterocycles. The van der Waals surface area contributed by atoms with Crippen LogP contribution in [0.25, 0.3) is 0 Å². The van der Waals surface area contributed by atoms with E-state index in [-0.39, 0.29) is 17.9 Å². The molecule has 1 fully saturated rings. The normalized spacial score (nSPS) is 17.3. The van der Waals surface area contributed by atoms with Crippen molar-refractivity contribution in [3.8, 4) is 0 Å². The van der Waals surface area contributed by atoms with Crippen LogP contribution in [0.1, 0.15) is 32.3 Å². The minimum Gasteiger partial charge on any atom is -0.445 e. The summed E-state index contributed by atoms with van der Waals surface area (Å²) in [6.45, 7) is 5.67. The molecule has 0 aromatic heterocycles. The molecule has 0 N–H and O–H groups in total. The van der Waals surface area contributed by atoms with Crippen molar-refractivity contribution in [1.29, 1.82) is 0 Å². The lowest BCUT2D eigenvalue weighted by atomic mass is 9.92. The Balaban J connectivity index is 1.78. The molecule has 1 aliphatic heterocycles. The molecule has 1 amide bonds. The highest BCUT2D eigenvalue weighted by molar-refractivity contribution is 5.68. The number of carbonyl (C=O) groups is 2. The van der Waals surface area contributed by atoms with Gasteiger partial charge < -0.3 is 14.4 Å². The Morgan fingerprint density at radius 3 is 2.43 bits per heavy atom. The molecule has 23 heavy (non-hydrogen) atoms. The summed E-state index contributed by atoms with van der Waals surface area (Å²) in [6.07, 6.45) is 4.65. The topological polar surface area (TPSA) is 46.6 Å². The number of hydrogen-bond donors (Lipinski definition) is 0. The molecule has 2 atom stereocenters. The predicted molar refractivity (Wildman–Crippen MR) is 89.9 cm³/mol. The maximum absolute atomic E-state index is 12.1. The number of piperidine rings is 1. The fourth-order valence-corrected chi connectivity index (χ4v) is 2.60. The number of ether oxygens (including phenoxy) is 1. The van der Waals surface area contributed by atoms with Crippen LogP contribution in [-0.4, -0.2) is 30.4 Å². The lowest BCUT2D eigenvalue weighted by molar-refractivity contribution is -0.111. The maximum Gasteiger partial charge on any atom is 0.410 e. The Kier molecular flexibility index (Phi) is 6.39. The number of allylic oxidation sites excluding steroid dienone is 1. The first-order valence-corrected chi connectivity index (χ1v) is 8.20. The van der Waals surface area contributed by atoms with Gasteiger partial charge in [-0.3, -0.25) is 0 Å². The smallest absolute Gasteiger partial charge is 0.410 e. The zero-order valence-corrected chi connectivity index (χ0v) is 13.9. The number of likely N-dealkylation sites (tertiary alicyclic amines) is 1. The van der Waals surface area contributed by atoms with E-state index < -0.39 is 0 Å². The van der Waals surface area contributed by atoms with Gasteiger partial charge in [0.15, 0.2) is 0 Å². The lowest BCUT2D eigenvalue weighted by Gasteiger charge is -2.28. The first-order chi connectivity index (χ1) is 11.1. The zero-order valence-electron chi connectivity index (χ0n) is 13.9. The fourth-order valence-electron chi connectivity index (χ4n) is 2.60. The molecule has 0 radical (unpaired) electrons. The fraction of sp³-hybridized carbons (Fsp3) is 0.474. The molecule has 4 heteroatoms. The van der Waals surface area contributed by atoms with Crippen LogP contribution >= 0.6 is 0 Å². The molecule has 0 aliphatic carbocycles. The zero-order chi connectivity index (χ0) is 16.7. The number of carbonyl (C=O) groups excluding carboxylic acids is 2. The van der Waals surface area contributed by atoms with E-state index in [1.54, 1.807) is 4.90 Å². The van der Waals surface area contributed by atoms with Gasteiger partial charge in [0.05, 0.1) is 0 Å². The van der Waals surface area contributed by atoms with Crippen LogP contribution < -0.4 is 0 Å². The second-order valence-corrected chi connectivity index (χ2v) is 6.21. The lowest BCUT2D eigenvalue weighted by Crippen LogP contribution is -2.36. The predicted octanol–water partition coefficient (Wildman–Crippen LogP) is 3.82. The van der Waals surface area contributed by atoms with Crippen LogP contribution in [0.15, 0.2) is 42.0 Å². The van der Waals surface area contributed by atoms with Gasteiger partial charge in [0, 0.05) is 19.0 Å². The molecule has 2 rings (SSSR count). The number of amides is 1. The van der Waals surface area contributed by atoms with Crippen molar-refractivity contribution in [3.63, 3.8) is 0 Å². The molecule has 1 aromatic rings. The average Bonchev–Trinajstić information content (AvgIpc) is 2.60. The summed E-state index contributed by atoms with van der Waals surface area (Å²) in [7, 11) is 0. The summed E-state index contributed by atoms with van der Waals surface area (Å²) in [5.41, 5.74) is 2.33. The van der Waals surface area contributed by atoms with E-state index in [1.807, 2.05) is 37.3 Å². The average molecular weight is 315 g/mol. The Morgan fingerprint density at radius 1 is 1.17 bits per heavy atom. The molecule has 124 valence electrons. The molecule has 4 nitrogen and oxygen atoms in total. The Labute approximate surface area is 138 Å². The second-order valence-electron chi connectivity index (χ2n) is 6.21. The SMILES string of the molecule is C[C@H](C=C1CCN(C(=O)OCc2ccccc2)CC1)[C@@H](C)C=O. The third-order valence-electron chi connectivity index (χ3n) is 4.41. The van der Waals surface area contributed by atoms with Crippen LogP contribution in [0.4, 0.5) is 4.79 Å². The highest BCUT2D eigenvalue weighted by atomic mass is 16.6. The number of benzene rings is 1. The van der Waals surface area contributed by atoms with Gasteiger partial charge in [-0.15, -0.1) is 0 Å². The molecule has 1 aromatic carbocycles. The van der Waals surface area contributed by atoms with Gasteiger partial charge in [0.1, 0.15) is 12.9 Å². The highest BCUT2D eigenvalue weighted by Gasteiger charge is 2.21. The van der Waals surface area contributed by atoms with Gasteiger partial charge in [0.25, 0.3) is 0 Å². The maximum atomic E-state index is 12.1. The summed E-state index contributed by atoms with van der Waals surface area (Å²) in [5.74, 6) is 0.287. The van der Waals surface area contributed by atoms with E-state index in [1.165, 1.54) is 5.57 Å². The van der Waals surface area contributed by atoms with Gasteiger partial charge in [-0.05, 0) is 24.3 Å². The molecule has 1 saturated heterocycles. The van der Waals surface area contributed by atoms with Gasteiger partial charge >= 0.3 is 6.09 Å². The van der Waals surface area contributed by atoms with Crippen LogP contribution in [-0.2, 0) is 16.1 Å². The van der Waals surface area contributed by atoms with Crippen molar-refractivity contribution in [2.75, 3.05) is 13.1 Å². The Hall–Kier alpha value is -2.10. The summed E-state index contributed by atoms with van der Waals surface area (Å²) in [4.78, 5) is 24.7. The Bertz CT molecular complexity index is 543. The molecule has 0 unspecified atom stereocenters. The van der Waals surface area contributed by atoms with E-state index in [4.69, 9.17) is 4.74 Å². The van der Waals surface area contributed by atoms with Gasteiger partial charge in [0.2, 0.25) is 0 Å². The molecular formula is C19H25NO3.